The molecule has 1 fully saturated rings. The fourth-order valence-electron chi connectivity index (χ4n) is 6.19. The van der Waals surface area contributed by atoms with Crippen LogP contribution in [0.15, 0.2) is 24.0 Å². The number of likely N-dealkylation sites (N-methyl/N-ethyl adjacent to an activating group) is 1. The van der Waals surface area contributed by atoms with Gasteiger partial charge in [0.25, 0.3) is 0 Å². The number of carboxylic acid groups (broad SMARTS) is 1. The Hall–Kier alpha value is -2.99. The minimum absolute atomic E-state index is 0.200. The normalized spacial score (nSPS) is 29.6. The quantitative estimate of drug-likeness (QED) is 0.298. The number of carbonyl (C=O) groups excluding carboxylic acids is 2. The summed E-state index contributed by atoms with van der Waals surface area (Å²) in [6, 6.07) is 2.06. The number of nitrogens with one attached hydrogen (secondary N) is 1. The van der Waals surface area contributed by atoms with Gasteiger partial charge >= 0.3 is 11.9 Å². The van der Waals surface area contributed by atoms with Gasteiger partial charge in [-0.15, -0.1) is 0 Å². The number of amides is 1. The number of aliphatic hydroxyl groups excluding tert-OH is 2. The number of hydrogen-bond acceptors (Lipinski definition) is 9. The van der Waals surface area contributed by atoms with Crippen molar-refractivity contribution >= 4 is 17.8 Å². The Balaban J connectivity index is 1.63. The lowest BCUT2D eigenvalue weighted by molar-refractivity contribution is -0.162. The standard InChI is InChI=1S/C27H36N2O9/c1-14-5-6-17(13-30)22-21(14)26-11-12-29(4)16(3)27(26,36)10-9-19(23(26)38-22)37-20(32)8-7-18(25(34)35)28-24(33)15(2)31/h5-6,9,15-16,18,23,30-31,36H,7-8,10-13H2,1-4H3,(H,28,33)(H,34,35)/t15-,16+,18-,23-,26-,27+/m0/s1. The van der Waals surface area contributed by atoms with Crippen molar-refractivity contribution in [2.75, 3.05) is 13.6 Å². The van der Waals surface area contributed by atoms with Crippen molar-refractivity contribution in [1.29, 1.82) is 0 Å². The molecule has 4 rings (SSSR count). The summed E-state index contributed by atoms with van der Waals surface area (Å²) in [5, 5.41) is 43.2. The first-order valence-electron chi connectivity index (χ1n) is 12.8. The van der Waals surface area contributed by atoms with Gasteiger partial charge in [-0.05, 0) is 58.8 Å². The second-order valence-electron chi connectivity index (χ2n) is 10.6. The summed E-state index contributed by atoms with van der Waals surface area (Å²) in [6.45, 7) is 5.51. The van der Waals surface area contributed by atoms with Crippen molar-refractivity contribution < 1.29 is 44.3 Å². The van der Waals surface area contributed by atoms with E-state index in [1.165, 1.54) is 6.92 Å². The lowest BCUT2D eigenvalue weighted by Gasteiger charge is -2.58. The molecule has 208 valence electrons. The van der Waals surface area contributed by atoms with Crippen LogP contribution in [0.4, 0.5) is 0 Å². The number of fused-ring (bicyclic) bond motifs is 1. The van der Waals surface area contributed by atoms with E-state index in [0.29, 0.717) is 24.3 Å². The van der Waals surface area contributed by atoms with Crippen LogP contribution in [0.3, 0.4) is 0 Å². The topological polar surface area (TPSA) is 166 Å². The first kappa shape index (κ1) is 28.0. The van der Waals surface area contributed by atoms with E-state index >= 15 is 0 Å². The molecule has 3 aliphatic rings. The Morgan fingerprint density at radius 3 is 2.66 bits per heavy atom. The third kappa shape index (κ3) is 4.37. The Kier molecular flexibility index (Phi) is 7.59. The fourth-order valence-corrected chi connectivity index (χ4v) is 6.19. The molecule has 1 aromatic rings. The summed E-state index contributed by atoms with van der Waals surface area (Å²) in [7, 11) is 1.95. The van der Waals surface area contributed by atoms with Crippen molar-refractivity contribution in [3.05, 3.63) is 40.7 Å². The number of hydrogen-bond donors (Lipinski definition) is 5. The first-order valence-corrected chi connectivity index (χ1v) is 12.8. The third-order valence-electron chi connectivity index (χ3n) is 8.47. The summed E-state index contributed by atoms with van der Waals surface area (Å²) < 4.78 is 12.2. The van der Waals surface area contributed by atoms with Crippen molar-refractivity contribution in [2.24, 2.45) is 0 Å². The van der Waals surface area contributed by atoms with Crippen molar-refractivity contribution in [1.82, 2.24) is 10.2 Å². The number of carbonyl (C=O) groups is 3. The van der Waals surface area contributed by atoms with Crippen LogP contribution in [-0.2, 0) is 31.1 Å². The molecule has 2 heterocycles. The zero-order valence-corrected chi connectivity index (χ0v) is 22.1. The van der Waals surface area contributed by atoms with Crippen molar-refractivity contribution in [3.63, 3.8) is 0 Å². The van der Waals surface area contributed by atoms with Crippen LogP contribution in [-0.4, -0.2) is 86.7 Å². The van der Waals surface area contributed by atoms with Crippen LogP contribution < -0.4 is 10.1 Å². The molecule has 38 heavy (non-hydrogen) atoms. The number of rotatable bonds is 8. The van der Waals surface area contributed by atoms with Gasteiger partial charge in [0.15, 0.2) is 6.10 Å². The average Bonchev–Trinajstić information content (AvgIpc) is 3.23. The van der Waals surface area contributed by atoms with Crippen LogP contribution >= 0.6 is 0 Å². The number of aryl methyl sites for hydroxylation is 1. The van der Waals surface area contributed by atoms with Gasteiger partial charge in [0, 0.05) is 30.0 Å². The van der Waals surface area contributed by atoms with E-state index in [-0.39, 0.29) is 37.7 Å². The number of benzene rings is 1. The highest BCUT2D eigenvalue weighted by Crippen LogP contribution is 2.61. The highest BCUT2D eigenvalue weighted by atomic mass is 16.6. The number of likely N-dealkylation sites (tertiary alicyclic amines) is 1. The predicted molar refractivity (Wildman–Crippen MR) is 134 cm³/mol. The molecule has 1 amide bonds. The molecule has 11 nitrogen and oxygen atoms in total. The summed E-state index contributed by atoms with van der Waals surface area (Å²) in [4.78, 5) is 38.2. The maximum Gasteiger partial charge on any atom is 0.326 e. The van der Waals surface area contributed by atoms with Crippen molar-refractivity contribution in [3.8, 4) is 5.75 Å². The molecular weight excluding hydrogens is 496 g/mol. The zero-order valence-electron chi connectivity index (χ0n) is 22.1. The minimum atomic E-state index is -1.39. The number of aliphatic hydroxyl groups is 3. The number of piperidine rings is 1. The Bertz CT molecular complexity index is 1170. The second kappa shape index (κ2) is 10.3. The summed E-state index contributed by atoms with van der Waals surface area (Å²) in [5.74, 6) is -2.19. The van der Waals surface area contributed by atoms with Gasteiger partial charge in [0.1, 0.15) is 23.7 Å². The zero-order chi connectivity index (χ0) is 28.0. The average molecular weight is 533 g/mol. The molecule has 1 aliphatic carbocycles. The van der Waals surface area contributed by atoms with Crippen LogP contribution in [0.5, 0.6) is 5.75 Å². The molecule has 1 saturated heterocycles. The van der Waals surface area contributed by atoms with Gasteiger partial charge in [0.2, 0.25) is 5.91 Å². The molecule has 0 radical (unpaired) electrons. The summed E-state index contributed by atoms with van der Waals surface area (Å²) in [6.07, 6.45) is -0.392. The highest BCUT2D eigenvalue weighted by Gasteiger charge is 2.69. The number of esters is 1. The molecule has 5 N–H and O–H groups in total. The summed E-state index contributed by atoms with van der Waals surface area (Å²) in [5.41, 5.74) is 0.116. The van der Waals surface area contributed by atoms with Gasteiger partial charge < -0.3 is 40.1 Å². The van der Waals surface area contributed by atoms with Gasteiger partial charge in [-0.2, -0.15) is 0 Å². The molecule has 1 spiro atoms. The van der Waals surface area contributed by atoms with Gasteiger partial charge in [-0.25, -0.2) is 4.79 Å². The first-order chi connectivity index (χ1) is 17.9. The molecule has 1 aromatic carbocycles. The molecule has 11 heteroatoms. The molecular formula is C27H36N2O9. The van der Waals surface area contributed by atoms with E-state index in [1.54, 1.807) is 12.1 Å². The maximum atomic E-state index is 12.9. The minimum Gasteiger partial charge on any atom is -0.481 e. The molecule has 0 bridgehead atoms. The van der Waals surface area contributed by atoms with Gasteiger partial charge in [-0.3, -0.25) is 9.59 Å². The second-order valence-corrected chi connectivity index (χ2v) is 10.6. The SMILES string of the molecule is Cc1ccc(CO)c2c1[C@]13CCN(C)[C@H](C)[C@]1(O)CC=C(OC(=O)CC[C@H](NC(=O)[C@H](C)O)C(=O)O)[C@@H]3O2. The highest BCUT2D eigenvalue weighted by molar-refractivity contribution is 5.86. The van der Waals surface area contributed by atoms with Gasteiger partial charge in [-0.1, -0.05) is 12.1 Å². The van der Waals surface area contributed by atoms with E-state index in [4.69, 9.17) is 9.47 Å². The van der Waals surface area contributed by atoms with Crippen LogP contribution in [0.25, 0.3) is 0 Å². The van der Waals surface area contributed by atoms with E-state index in [0.717, 1.165) is 11.1 Å². The Morgan fingerprint density at radius 1 is 1.32 bits per heavy atom. The van der Waals surface area contributed by atoms with Crippen molar-refractivity contribution in [2.45, 2.75) is 88.4 Å². The van der Waals surface area contributed by atoms with Crippen LogP contribution in [0, 0.1) is 6.92 Å². The van der Waals surface area contributed by atoms with Crippen LogP contribution in [0.1, 0.15) is 56.2 Å². The number of aliphatic carboxylic acids is 1. The lowest BCUT2D eigenvalue weighted by Crippen LogP contribution is -2.71. The molecule has 0 unspecified atom stereocenters. The fraction of sp³-hybridized carbons (Fsp3) is 0.593. The molecule has 0 saturated carbocycles. The molecule has 0 aromatic heterocycles. The lowest BCUT2D eigenvalue weighted by atomic mass is 9.54. The maximum absolute atomic E-state index is 12.9. The molecule has 6 atom stereocenters. The van der Waals surface area contributed by atoms with Crippen LogP contribution in [0.2, 0.25) is 0 Å². The van der Waals surface area contributed by atoms with E-state index < -0.39 is 47.1 Å². The smallest absolute Gasteiger partial charge is 0.326 e. The number of ether oxygens (including phenoxy) is 2. The van der Waals surface area contributed by atoms with E-state index in [2.05, 4.69) is 10.2 Å². The largest absolute Gasteiger partial charge is 0.481 e. The van der Waals surface area contributed by atoms with Gasteiger partial charge in [0.05, 0.1) is 17.6 Å². The Morgan fingerprint density at radius 2 is 2.03 bits per heavy atom. The Labute approximate surface area is 221 Å². The predicted octanol–water partition coefficient (Wildman–Crippen LogP) is 0.502. The number of nitrogens with zero attached hydrogens (tertiary/aromatic N) is 1. The van der Waals surface area contributed by atoms with E-state index in [9.17, 15) is 34.8 Å². The summed E-state index contributed by atoms with van der Waals surface area (Å²) >= 11 is 0. The monoisotopic (exact) mass is 532 g/mol. The number of carboxylic acids is 1. The van der Waals surface area contributed by atoms with E-state index in [1.807, 2.05) is 27.0 Å². The third-order valence-corrected chi connectivity index (χ3v) is 8.47. The molecule has 2 aliphatic heterocycles.